The van der Waals surface area contributed by atoms with Crippen molar-refractivity contribution in [2.45, 2.75) is 37.2 Å². The van der Waals surface area contributed by atoms with Crippen molar-refractivity contribution in [1.82, 2.24) is 10.2 Å². The monoisotopic (exact) mass is 416 g/mol. The molecule has 2 aliphatic heterocycles. The molecule has 2 unspecified atom stereocenters. The number of alkyl halides is 1. The van der Waals surface area contributed by atoms with Gasteiger partial charge in [0.25, 0.3) is 0 Å². The number of carbonyl (C=O) groups excluding carboxylic acids is 2. The number of fused-ring (bicyclic) bond motifs is 1. The maximum atomic E-state index is 12.0. The molecule has 3 rings (SSSR count). The Bertz CT molecular complexity index is 593. The van der Waals surface area contributed by atoms with Gasteiger partial charge in [-0.15, -0.1) is 0 Å². The molecule has 0 bridgehead atoms. The molecule has 21 heavy (non-hydrogen) atoms. The minimum absolute atomic E-state index is 0.0717. The van der Waals surface area contributed by atoms with Crippen LogP contribution in [-0.2, 0) is 22.6 Å². The molecule has 1 fully saturated rings. The molecule has 6 heteroatoms. The molecular weight excluding hydrogens is 399 g/mol. The molecule has 2 amide bonds. The normalized spacial score (nSPS) is 25.8. The Labute approximate surface area is 143 Å². The molecule has 0 radical (unpaired) electrons. The van der Waals surface area contributed by atoms with Crippen molar-refractivity contribution in [3.63, 3.8) is 0 Å². The number of piperidine rings is 1. The van der Waals surface area contributed by atoms with Gasteiger partial charge in [0.05, 0.1) is 11.4 Å². The van der Waals surface area contributed by atoms with E-state index in [4.69, 9.17) is 0 Å². The molecule has 0 saturated carbocycles. The molecule has 1 N–H and O–H groups in total. The fourth-order valence-electron chi connectivity index (χ4n) is 3.05. The van der Waals surface area contributed by atoms with Gasteiger partial charge < -0.3 is 0 Å². The van der Waals surface area contributed by atoms with Gasteiger partial charge in [0.15, 0.2) is 0 Å². The number of imide groups is 1. The second-order valence-electron chi connectivity index (χ2n) is 5.49. The first-order valence-electron chi connectivity index (χ1n) is 7.05. The summed E-state index contributed by atoms with van der Waals surface area (Å²) < 4.78 is 1.09. The summed E-state index contributed by atoms with van der Waals surface area (Å²) in [6.45, 7) is 0.727. The summed E-state index contributed by atoms with van der Waals surface area (Å²) in [5.41, 5.74) is 3.76. The summed E-state index contributed by atoms with van der Waals surface area (Å²) in [6.07, 6.45) is 2.05. The average Bonchev–Trinajstić information content (AvgIpc) is 2.76. The highest BCUT2D eigenvalue weighted by Crippen LogP contribution is 2.39. The highest BCUT2D eigenvalue weighted by atomic mass is 127. The zero-order valence-corrected chi connectivity index (χ0v) is 14.6. The highest BCUT2D eigenvalue weighted by Gasteiger charge is 2.38. The summed E-state index contributed by atoms with van der Waals surface area (Å²) in [5.74, 6) is -0.362. The average molecular weight is 416 g/mol. The summed E-state index contributed by atoms with van der Waals surface area (Å²) in [6, 6.07) is 6.24. The predicted octanol–water partition coefficient (Wildman–Crippen LogP) is 2.21. The van der Waals surface area contributed by atoms with E-state index in [-0.39, 0.29) is 23.2 Å². The number of halogens is 1. The van der Waals surface area contributed by atoms with Crippen LogP contribution in [0, 0.1) is 0 Å². The number of nitrogens with one attached hydrogen (secondary N) is 1. The molecule has 4 nitrogen and oxygen atoms in total. The number of thiol groups is 1. The summed E-state index contributed by atoms with van der Waals surface area (Å²) in [7, 11) is 0. The first kappa shape index (κ1) is 15.3. The van der Waals surface area contributed by atoms with Gasteiger partial charge in [-0.25, -0.2) is 0 Å². The number of hydrogen-bond donors (Lipinski definition) is 2. The van der Waals surface area contributed by atoms with Crippen molar-refractivity contribution < 1.29 is 9.59 Å². The number of carbonyl (C=O) groups is 2. The summed E-state index contributed by atoms with van der Waals surface area (Å²) >= 11 is 7.06. The van der Waals surface area contributed by atoms with Gasteiger partial charge in [-0.2, -0.15) is 12.6 Å². The number of benzene rings is 1. The highest BCUT2D eigenvalue weighted by molar-refractivity contribution is 14.1. The molecule has 0 spiro atoms. The molecule has 112 valence electrons. The standard InChI is InChI=1S/C15H17IN2O2S/c16-6-5-9-1-2-11-10(7-9)8-18(15(11)21)12-3-4-13(19)17-14(12)20/h1-2,7,12,15,21H,3-6,8H2,(H,17,19,20). The fourth-order valence-corrected chi connectivity index (χ4v) is 4.17. The van der Waals surface area contributed by atoms with Gasteiger partial charge in [-0.05, 0) is 29.5 Å². The van der Waals surface area contributed by atoms with Crippen LogP contribution in [0.4, 0.5) is 0 Å². The van der Waals surface area contributed by atoms with E-state index in [0.29, 0.717) is 12.8 Å². The Morgan fingerprint density at radius 3 is 2.90 bits per heavy atom. The van der Waals surface area contributed by atoms with Gasteiger partial charge >= 0.3 is 0 Å². The number of amides is 2. The maximum Gasteiger partial charge on any atom is 0.243 e. The third-order valence-electron chi connectivity index (χ3n) is 4.15. The quantitative estimate of drug-likeness (QED) is 0.344. The number of hydrogen-bond acceptors (Lipinski definition) is 4. The molecule has 1 saturated heterocycles. The first-order chi connectivity index (χ1) is 10.1. The van der Waals surface area contributed by atoms with Crippen molar-refractivity contribution in [3.05, 3.63) is 34.9 Å². The lowest BCUT2D eigenvalue weighted by molar-refractivity contribution is -0.137. The van der Waals surface area contributed by atoms with Crippen LogP contribution in [-0.4, -0.2) is 27.2 Å². The predicted molar refractivity (Wildman–Crippen MR) is 92.5 cm³/mol. The van der Waals surface area contributed by atoms with Crippen LogP contribution < -0.4 is 5.32 Å². The van der Waals surface area contributed by atoms with Gasteiger partial charge in [0.1, 0.15) is 0 Å². The van der Waals surface area contributed by atoms with Crippen LogP contribution in [0.25, 0.3) is 0 Å². The van der Waals surface area contributed by atoms with Crippen LogP contribution in [0.1, 0.15) is 34.9 Å². The molecular formula is C15H17IN2O2S. The Morgan fingerprint density at radius 1 is 1.38 bits per heavy atom. The van der Waals surface area contributed by atoms with Crippen LogP contribution in [0.2, 0.25) is 0 Å². The van der Waals surface area contributed by atoms with Crippen molar-refractivity contribution >= 4 is 47.0 Å². The molecule has 1 aromatic rings. The van der Waals surface area contributed by atoms with Crippen molar-refractivity contribution in [1.29, 1.82) is 0 Å². The smallest absolute Gasteiger partial charge is 0.243 e. The molecule has 0 aromatic heterocycles. The zero-order valence-electron chi connectivity index (χ0n) is 11.5. The van der Waals surface area contributed by atoms with E-state index < -0.39 is 0 Å². The van der Waals surface area contributed by atoms with E-state index in [1.54, 1.807) is 0 Å². The van der Waals surface area contributed by atoms with Crippen molar-refractivity contribution in [3.8, 4) is 0 Å². The van der Waals surface area contributed by atoms with Gasteiger partial charge in [-0.3, -0.25) is 19.8 Å². The second-order valence-corrected chi connectivity index (χ2v) is 7.05. The number of nitrogens with zero attached hydrogens (tertiary/aromatic N) is 1. The Morgan fingerprint density at radius 2 is 2.19 bits per heavy atom. The molecule has 1 aromatic carbocycles. The van der Waals surface area contributed by atoms with E-state index in [1.165, 1.54) is 16.7 Å². The van der Waals surface area contributed by atoms with Gasteiger partial charge in [0, 0.05) is 17.4 Å². The third kappa shape index (κ3) is 2.98. The second kappa shape index (κ2) is 6.26. The van der Waals surface area contributed by atoms with Crippen LogP contribution in [0.3, 0.4) is 0 Å². The first-order valence-corrected chi connectivity index (χ1v) is 9.09. The third-order valence-corrected chi connectivity index (χ3v) is 5.26. The van der Waals surface area contributed by atoms with E-state index in [9.17, 15) is 9.59 Å². The van der Waals surface area contributed by atoms with Crippen LogP contribution in [0.15, 0.2) is 18.2 Å². The fraction of sp³-hybridized carbons (Fsp3) is 0.467. The Hall–Kier alpha value is -0.600. The Balaban J connectivity index is 1.81. The van der Waals surface area contributed by atoms with Crippen LogP contribution in [0.5, 0.6) is 0 Å². The summed E-state index contributed by atoms with van der Waals surface area (Å²) in [4.78, 5) is 25.4. The van der Waals surface area contributed by atoms with Gasteiger partial charge in [0.2, 0.25) is 11.8 Å². The maximum absolute atomic E-state index is 12.0. The molecule has 2 aliphatic rings. The lowest BCUT2D eigenvalue weighted by Gasteiger charge is -2.32. The topological polar surface area (TPSA) is 49.4 Å². The van der Waals surface area contributed by atoms with E-state index in [0.717, 1.165) is 17.4 Å². The zero-order chi connectivity index (χ0) is 15.0. The lowest BCUT2D eigenvalue weighted by atomic mass is 10.0. The molecule has 2 heterocycles. The van der Waals surface area contributed by atoms with Crippen LogP contribution >= 0.6 is 35.2 Å². The largest absolute Gasteiger partial charge is 0.295 e. The summed E-state index contributed by atoms with van der Waals surface area (Å²) in [5, 5.41) is 2.36. The van der Waals surface area contributed by atoms with Crippen molar-refractivity contribution in [2.24, 2.45) is 0 Å². The van der Waals surface area contributed by atoms with E-state index in [2.05, 4.69) is 63.6 Å². The lowest BCUT2D eigenvalue weighted by Crippen LogP contribution is -2.51. The number of rotatable bonds is 3. The van der Waals surface area contributed by atoms with E-state index in [1.807, 2.05) is 0 Å². The Kier molecular flexibility index (Phi) is 4.56. The minimum Gasteiger partial charge on any atom is -0.295 e. The van der Waals surface area contributed by atoms with Crippen molar-refractivity contribution in [2.75, 3.05) is 4.43 Å². The minimum atomic E-state index is -0.259. The van der Waals surface area contributed by atoms with Gasteiger partial charge in [-0.1, -0.05) is 40.8 Å². The molecule has 2 atom stereocenters. The van der Waals surface area contributed by atoms with E-state index >= 15 is 0 Å². The SMILES string of the molecule is O=C1CCC(N2Cc3cc(CCI)ccc3C2S)C(=O)N1. The molecule has 0 aliphatic carbocycles. The number of aryl methyl sites for hydroxylation is 1.